The van der Waals surface area contributed by atoms with Gasteiger partial charge in [-0.05, 0) is 42.8 Å². The van der Waals surface area contributed by atoms with Crippen molar-refractivity contribution in [2.75, 3.05) is 25.0 Å². The van der Waals surface area contributed by atoms with Crippen molar-refractivity contribution < 1.29 is 22.9 Å². The van der Waals surface area contributed by atoms with Crippen LogP contribution < -0.4 is 10.1 Å². The molecule has 1 amide bonds. The molecule has 2 rings (SSSR count). The molecule has 0 radical (unpaired) electrons. The van der Waals surface area contributed by atoms with Gasteiger partial charge in [-0.25, -0.2) is 8.42 Å². The van der Waals surface area contributed by atoms with Crippen LogP contribution in [0.1, 0.15) is 19.4 Å². The Bertz CT molecular complexity index is 986. The monoisotopic (exact) mass is 421 g/mol. The summed E-state index contributed by atoms with van der Waals surface area (Å²) in [6.45, 7) is 5.53. The lowest BCUT2D eigenvalue weighted by Crippen LogP contribution is -2.30. The summed E-state index contributed by atoms with van der Waals surface area (Å²) < 4.78 is 31.5. The fourth-order valence-electron chi connectivity index (χ4n) is 2.66. The van der Waals surface area contributed by atoms with Crippen molar-refractivity contribution >= 4 is 27.3 Å². The molecule has 0 bridgehead atoms. The van der Waals surface area contributed by atoms with Gasteiger partial charge in [0.25, 0.3) is 5.91 Å². The highest BCUT2D eigenvalue weighted by Gasteiger charge is 2.21. The Balaban J connectivity index is 2.03. The quantitative estimate of drug-likeness (QED) is 0.491. The zero-order chi connectivity index (χ0) is 21.6. The minimum atomic E-state index is -3.58. The largest absolute Gasteiger partial charge is 0.477 e. The first-order valence-electron chi connectivity index (χ1n) is 8.97. The molecule has 29 heavy (non-hydrogen) atoms. The molecule has 1 N–H and O–H groups in total. The van der Waals surface area contributed by atoms with E-state index in [0.717, 1.165) is 0 Å². The van der Waals surface area contributed by atoms with E-state index in [1.165, 1.54) is 40.7 Å². The number of nitrogens with zero attached hydrogens (tertiary/aromatic N) is 2. The van der Waals surface area contributed by atoms with Gasteiger partial charge in [0.15, 0.2) is 12.4 Å². The number of anilines is 1. The number of nitrogens with one attached hydrogen (secondary N) is 1. The van der Waals surface area contributed by atoms with E-state index in [9.17, 15) is 23.3 Å². The topological polar surface area (TPSA) is 119 Å². The molecule has 0 unspecified atom stereocenters. The van der Waals surface area contributed by atoms with Gasteiger partial charge in [-0.1, -0.05) is 19.9 Å². The standard InChI is InChI=1S/C19H23N3O6S/c1-4-21(5-2)29(26,27)16-9-7-15(8-10-16)20-19(23)13-28-18-11-6-14(3)12-17(18)22(24)25/h6-12H,4-5,13H2,1-3H3,(H,20,23). The lowest BCUT2D eigenvalue weighted by atomic mass is 10.2. The van der Waals surface area contributed by atoms with Gasteiger partial charge in [0.05, 0.1) is 9.82 Å². The molecular weight excluding hydrogens is 398 g/mol. The third kappa shape index (κ3) is 5.52. The number of carbonyl (C=O) groups excluding carboxylic acids is 1. The number of ether oxygens (including phenoxy) is 1. The average Bonchev–Trinajstić information content (AvgIpc) is 2.68. The smallest absolute Gasteiger partial charge is 0.311 e. The van der Waals surface area contributed by atoms with Crippen LogP contribution in [0, 0.1) is 17.0 Å². The summed E-state index contributed by atoms with van der Waals surface area (Å²) >= 11 is 0. The van der Waals surface area contributed by atoms with Crippen LogP contribution >= 0.6 is 0 Å². The van der Waals surface area contributed by atoms with Gasteiger partial charge in [0.1, 0.15) is 0 Å². The highest BCUT2D eigenvalue weighted by Crippen LogP contribution is 2.27. The zero-order valence-corrected chi connectivity index (χ0v) is 17.2. The predicted molar refractivity (Wildman–Crippen MR) is 109 cm³/mol. The van der Waals surface area contributed by atoms with Gasteiger partial charge < -0.3 is 10.1 Å². The Hall–Kier alpha value is -2.98. The molecule has 0 spiro atoms. The molecule has 156 valence electrons. The summed E-state index contributed by atoms with van der Waals surface area (Å²) in [4.78, 5) is 22.7. The number of sulfonamides is 1. The second-order valence-corrected chi connectivity index (χ2v) is 8.12. The Labute approximate surface area is 169 Å². The van der Waals surface area contributed by atoms with Crippen LogP contribution in [0.25, 0.3) is 0 Å². The van der Waals surface area contributed by atoms with Gasteiger partial charge in [0.2, 0.25) is 10.0 Å². The Morgan fingerprint density at radius 1 is 1.14 bits per heavy atom. The maximum Gasteiger partial charge on any atom is 0.311 e. The molecule has 0 saturated carbocycles. The number of rotatable bonds is 9. The predicted octanol–water partition coefficient (Wildman–Crippen LogP) is 2.95. The molecule has 0 fully saturated rings. The molecule has 9 nitrogen and oxygen atoms in total. The lowest BCUT2D eigenvalue weighted by molar-refractivity contribution is -0.385. The van der Waals surface area contributed by atoms with Crippen molar-refractivity contribution in [2.45, 2.75) is 25.7 Å². The van der Waals surface area contributed by atoms with Crippen LogP contribution in [-0.4, -0.2) is 43.2 Å². The van der Waals surface area contributed by atoms with E-state index in [1.807, 2.05) is 0 Å². The van der Waals surface area contributed by atoms with Gasteiger partial charge in [-0.2, -0.15) is 4.31 Å². The molecular formula is C19H23N3O6S. The van der Waals surface area contributed by atoms with Crippen molar-refractivity contribution in [2.24, 2.45) is 0 Å². The second-order valence-electron chi connectivity index (χ2n) is 6.18. The number of hydrogen-bond donors (Lipinski definition) is 1. The molecule has 0 aliphatic carbocycles. The molecule has 2 aromatic carbocycles. The summed E-state index contributed by atoms with van der Waals surface area (Å²) in [6, 6.07) is 10.2. The van der Waals surface area contributed by atoms with Gasteiger partial charge in [-0.15, -0.1) is 0 Å². The van der Waals surface area contributed by atoms with Crippen molar-refractivity contribution in [3.63, 3.8) is 0 Å². The third-order valence-corrected chi connectivity index (χ3v) is 6.22. The second kappa shape index (κ2) is 9.48. The van der Waals surface area contributed by atoms with Crippen LogP contribution in [0.15, 0.2) is 47.4 Å². The molecule has 10 heteroatoms. The fourth-order valence-corrected chi connectivity index (χ4v) is 4.11. The number of carbonyl (C=O) groups is 1. The first-order valence-corrected chi connectivity index (χ1v) is 10.4. The number of amides is 1. The number of hydrogen-bond acceptors (Lipinski definition) is 6. The van der Waals surface area contributed by atoms with Crippen molar-refractivity contribution in [1.29, 1.82) is 0 Å². The van der Waals surface area contributed by atoms with Crippen LogP contribution in [0.3, 0.4) is 0 Å². The summed E-state index contributed by atoms with van der Waals surface area (Å²) in [6.07, 6.45) is 0. The maximum atomic E-state index is 12.5. The van der Waals surface area contributed by atoms with Crippen LogP contribution in [0.4, 0.5) is 11.4 Å². The lowest BCUT2D eigenvalue weighted by Gasteiger charge is -2.18. The van der Waals surface area contributed by atoms with E-state index in [0.29, 0.717) is 24.3 Å². The Kier molecular flexibility index (Phi) is 7.29. The SMILES string of the molecule is CCN(CC)S(=O)(=O)c1ccc(NC(=O)COc2ccc(C)cc2[N+](=O)[O-])cc1. The molecule has 2 aromatic rings. The summed E-state index contributed by atoms with van der Waals surface area (Å²) in [5.74, 6) is -0.532. The van der Waals surface area contributed by atoms with E-state index in [-0.39, 0.29) is 16.3 Å². The molecule has 0 aliphatic heterocycles. The van der Waals surface area contributed by atoms with E-state index in [1.54, 1.807) is 26.8 Å². The first-order chi connectivity index (χ1) is 13.7. The highest BCUT2D eigenvalue weighted by molar-refractivity contribution is 7.89. The van der Waals surface area contributed by atoms with E-state index >= 15 is 0 Å². The average molecular weight is 421 g/mol. The van der Waals surface area contributed by atoms with Crippen molar-refractivity contribution in [3.8, 4) is 5.75 Å². The van der Waals surface area contributed by atoms with Gasteiger partial charge in [-0.3, -0.25) is 14.9 Å². The van der Waals surface area contributed by atoms with Crippen LogP contribution in [0.5, 0.6) is 5.75 Å². The van der Waals surface area contributed by atoms with Crippen LogP contribution in [0.2, 0.25) is 0 Å². The van der Waals surface area contributed by atoms with Crippen LogP contribution in [-0.2, 0) is 14.8 Å². The van der Waals surface area contributed by atoms with Gasteiger partial charge in [0, 0.05) is 24.8 Å². The third-order valence-electron chi connectivity index (χ3n) is 4.15. The van der Waals surface area contributed by atoms with E-state index < -0.39 is 27.5 Å². The normalized spacial score (nSPS) is 11.3. The van der Waals surface area contributed by atoms with Crippen molar-refractivity contribution in [3.05, 3.63) is 58.1 Å². The first kappa shape index (κ1) is 22.3. The van der Waals surface area contributed by atoms with Gasteiger partial charge >= 0.3 is 5.69 Å². The summed E-state index contributed by atoms with van der Waals surface area (Å²) in [5.41, 5.74) is 0.868. The molecule has 0 aromatic heterocycles. The fraction of sp³-hybridized carbons (Fsp3) is 0.316. The molecule has 0 heterocycles. The Morgan fingerprint density at radius 3 is 2.31 bits per heavy atom. The van der Waals surface area contributed by atoms with E-state index in [4.69, 9.17) is 4.74 Å². The summed E-state index contributed by atoms with van der Waals surface area (Å²) in [5, 5.41) is 13.7. The minimum absolute atomic E-state index is 0.00332. The molecule has 0 saturated heterocycles. The molecule has 0 atom stereocenters. The van der Waals surface area contributed by atoms with E-state index in [2.05, 4.69) is 5.32 Å². The maximum absolute atomic E-state index is 12.5. The number of benzene rings is 2. The number of nitro benzene ring substituents is 1. The Morgan fingerprint density at radius 2 is 1.76 bits per heavy atom. The summed E-state index contributed by atoms with van der Waals surface area (Å²) in [7, 11) is -3.58. The number of nitro groups is 1. The number of aryl methyl sites for hydroxylation is 1. The highest BCUT2D eigenvalue weighted by atomic mass is 32.2. The zero-order valence-electron chi connectivity index (χ0n) is 16.4. The van der Waals surface area contributed by atoms with Crippen molar-refractivity contribution in [1.82, 2.24) is 4.31 Å². The molecule has 0 aliphatic rings. The minimum Gasteiger partial charge on any atom is -0.477 e.